The number of hydrogen-bond acceptors (Lipinski definition) is 2. The second-order valence-electron chi connectivity index (χ2n) is 5.64. The van der Waals surface area contributed by atoms with Gasteiger partial charge in [-0.15, -0.1) is 0 Å². The maximum atomic E-state index is 5.34. The molecule has 3 rings (SSSR count). The van der Waals surface area contributed by atoms with Gasteiger partial charge in [0.2, 0.25) is 0 Å². The van der Waals surface area contributed by atoms with E-state index in [-0.39, 0.29) is 0 Å². The van der Waals surface area contributed by atoms with Gasteiger partial charge in [0, 0.05) is 6.54 Å². The number of rotatable bonds is 5. The third kappa shape index (κ3) is 3.07. The fraction of sp³-hybridized carbons (Fsp3) is 0.278. The molecule has 0 radical (unpaired) electrons. The number of nitrogens with zero attached hydrogens (tertiary/aromatic N) is 2. The summed E-state index contributed by atoms with van der Waals surface area (Å²) in [5, 5.41) is 0. The molecular formula is C18H20N2O. The molecule has 21 heavy (non-hydrogen) atoms. The molecule has 0 aliphatic carbocycles. The minimum absolute atomic E-state index is 0.674. The van der Waals surface area contributed by atoms with E-state index in [0.29, 0.717) is 5.92 Å². The molecule has 0 spiro atoms. The van der Waals surface area contributed by atoms with Crippen LogP contribution in [0.15, 0.2) is 47.1 Å². The lowest BCUT2D eigenvalue weighted by molar-refractivity contribution is 0.521. The number of fused-ring (bicyclic) bond motifs is 1. The van der Waals surface area contributed by atoms with Crippen LogP contribution in [0.5, 0.6) is 0 Å². The number of aryl methyl sites for hydroxylation is 1. The predicted molar refractivity (Wildman–Crippen MR) is 86.8 cm³/mol. The molecule has 0 saturated heterocycles. The Labute approximate surface area is 124 Å². The van der Waals surface area contributed by atoms with E-state index in [2.05, 4.69) is 36.6 Å². The number of aromatic nitrogens is 2. The van der Waals surface area contributed by atoms with Crippen LogP contribution in [0.4, 0.5) is 0 Å². The van der Waals surface area contributed by atoms with Gasteiger partial charge >= 0.3 is 0 Å². The topological polar surface area (TPSA) is 31.0 Å². The van der Waals surface area contributed by atoms with Crippen LogP contribution < -0.4 is 0 Å². The van der Waals surface area contributed by atoms with Crippen molar-refractivity contribution in [3.05, 3.63) is 54.2 Å². The third-order valence-electron chi connectivity index (χ3n) is 3.55. The van der Waals surface area contributed by atoms with Crippen molar-refractivity contribution >= 4 is 23.2 Å². The number of hydrogen-bond donors (Lipinski definition) is 0. The van der Waals surface area contributed by atoms with Gasteiger partial charge < -0.3 is 8.98 Å². The lowest BCUT2D eigenvalue weighted by atomic mass is 10.1. The van der Waals surface area contributed by atoms with E-state index in [4.69, 9.17) is 9.40 Å². The zero-order valence-electron chi connectivity index (χ0n) is 12.5. The smallest absolute Gasteiger partial charge is 0.133 e. The second-order valence-corrected chi connectivity index (χ2v) is 5.64. The largest absolute Gasteiger partial charge is 0.465 e. The summed E-state index contributed by atoms with van der Waals surface area (Å²) in [6, 6.07) is 12.1. The summed E-state index contributed by atoms with van der Waals surface area (Å²) in [5.41, 5.74) is 2.23. The maximum Gasteiger partial charge on any atom is 0.133 e. The van der Waals surface area contributed by atoms with E-state index in [1.165, 1.54) is 5.52 Å². The highest BCUT2D eigenvalue weighted by molar-refractivity contribution is 5.79. The first-order chi connectivity index (χ1) is 10.2. The van der Waals surface area contributed by atoms with Crippen molar-refractivity contribution in [2.45, 2.75) is 26.8 Å². The molecule has 0 fully saturated rings. The molecule has 3 heteroatoms. The molecule has 0 atom stereocenters. The van der Waals surface area contributed by atoms with Crippen LogP contribution in [0, 0.1) is 5.92 Å². The summed E-state index contributed by atoms with van der Waals surface area (Å²) in [6.45, 7) is 5.48. The molecule has 0 aliphatic rings. The van der Waals surface area contributed by atoms with Crippen LogP contribution >= 0.6 is 0 Å². The average Bonchev–Trinajstić information content (AvgIpc) is 3.10. The Balaban J connectivity index is 1.97. The number of para-hydroxylation sites is 2. The first kappa shape index (κ1) is 13.7. The minimum Gasteiger partial charge on any atom is -0.465 e. The van der Waals surface area contributed by atoms with E-state index in [0.717, 1.165) is 30.1 Å². The SMILES string of the molecule is CC(C)CCn1c(/C=C/c2ccco2)nc2ccccc21. The normalized spacial score (nSPS) is 12.0. The van der Waals surface area contributed by atoms with E-state index in [9.17, 15) is 0 Å². The molecule has 0 saturated carbocycles. The summed E-state index contributed by atoms with van der Waals surface area (Å²) >= 11 is 0. The summed E-state index contributed by atoms with van der Waals surface area (Å²) in [7, 11) is 0. The van der Waals surface area contributed by atoms with Crippen LogP contribution in [0.3, 0.4) is 0 Å². The van der Waals surface area contributed by atoms with E-state index >= 15 is 0 Å². The molecule has 3 nitrogen and oxygen atoms in total. The predicted octanol–water partition coefficient (Wildman–Crippen LogP) is 4.85. The molecule has 0 N–H and O–H groups in total. The van der Waals surface area contributed by atoms with Crippen molar-refractivity contribution in [3.63, 3.8) is 0 Å². The minimum atomic E-state index is 0.674. The van der Waals surface area contributed by atoms with Gasteiger partial charge in [-0.2, -0.15) is 0 Å². The van der Waals surface area contributed by atoms with Gasteiger partial charge in [-0.3, -0.25) is 0 Å². The standard InChI is InChI=1S/C18H20N2O/c1-14(2)11-12-20-17-8-4-3-7-16(17)19-18(20)10-9-15-6-5-13-21-15/h3-10,13-14H,11-12H2,1-2H3/b10-9+. The molecule has 0 aliphatic heterocycles. The summed E-state index contributed by atoms with van der Waals surface area (Å²) in [6.07, 6.45) is 6.82. The molecule has 0 unspecified atom stereocenters. The van der Waals surface area contributed by atoms with Gasteiger partial charge in [-0.25, -0.2) is 4.98 Å². The first-order valence-corrected chi connectivity index (χ1v) is 7.41. The number of imidazole rings is 1. The fourth-order valence-corrected chi connectivity index (χ4v) is 2.39. The monoisotopic (exact) mass is 280 g/mol. The Morgan fingerprint density at radius 2 is 2.00 bits per heavy atom. The lowest BCUT2D eigenvalue weighted by Crippen LogP contribution is -2.03. The maximum absolute atomic E-state index is 5.34. The van der Waals surface area contributed by atoms with Crippen LogP contribution in [-0.2, 0) is 6.54 Å². The molecule has 108 valence electrons. The molecule has 0 bridgehead atoms. The van der Waals surface area contributed by atoms with E-state index < -0.39 is 0 Å². The first-order valence-electron chi connectivity index (χ1n) is 7.41. The van der Waals surface area contributed by atoms with Crippen molar-refractivity contribution in [3.8, 4) is 0 Å². The molecule has 2 heterocycles. The van der Waals surface area contributed by atoms with Gasteiger partial charge in [-0.1, -0.05) is 26.0 Å². The third-order valence-corrected chi connectivity index (χ3v) is 3.55. The Bertz CT molecular complexity index is 736. The summed E-state index contributed by atoms with van der Waals surface area (Å²) in [4.78, 5) is 4.72. The number of furan rings is 1. The van der Waals surface area contributed by atoms with Gasteiger partial charge in [0.25, 0.3) is 0 Å². The molecule has 1 aromatic carbocycles. The highest BCUT2D eigenvalue weighted by Gasteiger charge is 2.08. The van der Waals surface area contributed by atoms with Crippen molar-refractivity contribution in [1.82, 2.24) is 9.55 Å². The van der Waals surface area contributed by atoms with E-state index in [1.54, 1.807) is 6.26 Å². The zero-order chi connectivity index (χ0) is 14.7. The Hall–Kier alpha value is -2.29. The molecular weight excluding hydrogens is 260 g/mol. The summed E-state index contributed by atoms with van der Waals surface area (Å²) < 4.78 is 7.63. The van der Waals surface area contributed by atoms with Crippen LogP contribution in [0.2, 0.25) is 0 Å². The van der Waals surface area contributed by atoms with Crippen LogP contribution in [0.1, 0.15) is 31.9 Å². The average molecular weight is 280 g/mol. The Kier molecular flexibility index (Phi) is 3.91. The fourth-order valence-electron chi connectivity index (χ4n) is 2.39. The second kappa shape index (κ2) is 6.00. The molecule has 2 aromatic heterocycles. The molecule has 0 amide bonds. The summed E-state index contributed by atoms with van der Waals surface area (Å²) in [5.74, 6) is 2.50. The highest BCUT2D eigenvalue weighted by Crippen LogP contribution is 2.19. The Morgan fingerprint density at radius 1 is 1.14 bits per heavy atom. The van der Waals surface area contributed by atoms with Gasteiger partial charge in [-0.05, 0) is 48.8 Å². The quantitative estimate of drug-likeness (QED) is 0.669. The van der Waals surface area contributed by atoms with Crippen molar-refractivity contribution in [2.24, 2.45) is 5.92 Å². The highest BCUT2D eigenvalue weighted by atomic mass is 16.3. The van der Waals surface area contributed by atoms with Crippen LogP contribution in [-0.4, -0.2) is 9.55 Å². The van der Waals surface area contributed by atoms with Crippen LogP contribution in [0.25, 0.3) is 23.2 Å². The molecule has 3 aromatic rings. The van der Waals surface area contributed by atoms with Gasteiger partial charge in [0.15, 0.2) is 0 Å². The van der Waals surface area contributed by atoms with Crippen molar-refractivity contribution in [2.75, 3.05) is 0 Å². The van der Waals surface area contributed by atoms with Crippen molar-refractivity contribution in [1.29, 1.82) is 0 Å². The van der Waals surface area contributed by atoms with Crippen molar-refractivity contribution < 1.29 is 4.42 Å². The van der Waals surface area contributed by atoms with Gasteiger partial charge in [0.1, 0.15) is 11.6 Å². The van der Waals surface area contributed by atoms with Gasteiger partial charge in [0.05, 0.1) is 17.3 Å². The zero-order valence-corrected chi connectivity index (χ0v) is 12.5. The lowest BCUT2D eigenvalue weighted by Gasteiger charge is -2.09. The van der Waals surface area contributed by atoms with E-state index in [1.807, 2.05) is 30.4 Å². The Morgan fingerprint density at radius 3 is 2.76 bits per heavy atom. The number of benzene rings is 1.